The second kappa shape index (κ2) is 13.0. The van der Waals surface area contributed by atoms with Crippen LogP contribution in [0.5, 0.6) is 5.75 Å². The summed E-state index contributed by atoms with van der Waals surface area (Å²) >= 11 is 6.13. The number of hydrogen-bond acceptors (Lipinski definition) is 9. The van der Waals surface area contributed by atoms with E-state index >= 15 is 0 Å². The Morgan fingerprint density at radius 1 is 1.02 bits per heavy atom. The van der Waals surface area contributed by atoms with Crippen molar-refractivity contribution in [2.45, 2.75) is 39.5 Å². The molecule has 0 aliphatic heterocycles. The number of aryl methyl sites for hydroxylation is 1. The molecule has 0 bridgehead atoms. The number of ether oxygens (including phenoxy) is 2. The largest absolute Gasteiger partial charge is 0.496 e. The van der Waals surface area contributed by atoms with E-state index in [4.69, 9.17) is 21.1 Å². The normalized spacial score (nSPS) is 11.5. The third-order valence-electron chi connectivity index (χ3n) is 6.40. The Labute approximate surface area is 236 Å². The number of halogens is 1. The van der Waals surface area contributed by atoms with Crippen LogP contribution in [0.15, 0.2) is 73.1 Å². The van der Waals surface area contributed by atoms with Crippen LogP contribution in [0.25, 0.3) is 0 Å². The van der Waals surface area contributed by atoms with E-state index in [-0.39, 0.29) is 30.7 Å². The van der Waals surface area contributed by atoms with Crippen molar-refractivity contribution in [1.29, 1.82) is 0 Å². The van der Waals surface area contributed by atoms with Gasteiger partial charge < -0.3 is 14.4 Å². The summed E-state index contributed by atoms with van der Waals surface area (Å²) < 4.78 is 11.3. The Kier molecular flexibility index (Phi) is 9.23. The maximum Gasteiger partial charge on any atom is 0.329 e. The number of aromatic nitrogens is 3. The van der Waals surface area contributed by atoms with Gasteiger partial charge in [0.1, 0.15) is 24.6 Å². The number of benzene rings is 2. The van der Waals surface area contributed by atoms with E-state index in [1.807, 2.05) is 74.5 Å². The molecule has 0 saturated carbocycles. The lowest BCUT2D eigenvalue weighted by atomic mass is 10.0. The Morgan fingerprint density at radius 3 is 2.30 bits per heavy atom. The number of methoxy groups -OCH3 is 1. The van der Waals surface area contributed by atoms with E-state index in [2.05, 4.69) is 15.0 Å². The highest BCUT2D eigenvalue weighted by Crippen LogP contribution is 2.33. The first-order valence-corrected chi connectivity index (χ1v) is 12.8. The molecule has 4 aromatic rings. The summed E-state index contributed by atoms with van der Waals surface area (Å²) in [5, 5.41) is 11.9. The molecule has 0 aliphatic carbocycles. The lowest BCUT2D eigenvalue weighted by Gasteiger charge is -2.31. The molecule has 2 aromatic carbocycles. The second-order valence-electron chi connectivity index (χ2n) is 9.08. The maximum absolute atomic E-state index is 13.8. The molecule has 0 radical (unpaired) electrons. The van der Waals surface area contributed by atoms with Gasteiger partial charge in [0.15, 0.2) is 0 Å². The molecular weight excluding hydrogens is 534 g/mol. The molecule has 0 aliphatic rings. The van der Waals surface area contributed by atoms with E-state index < -0.39 is 22.6 Å². The van der Waals surface area contributed by atoms with Crippen LogP contribution >= 0.6 is 11.6 Å². The molecule has 2 aromatic heterocycles. The van der Waals surface area contributed by atoms with Crippen LogP contribution in [0, 0.1) is 24.0 Å². The highest BCUT2D eigenvalue weighted by atomic mass is 35.5. The molecule has 40 heavy (non-hydrogen) atoms. The van der Waals surface area contributed by atoms with Gasteiger partial charge in [0.25, 0.3) is 0 Å². The molecule has 0 amide bonds. The maximum atomic E-state index is 13.8. The number of esters is 1. The van der Waals surface area contributed by atoms with Gasteiger partial charge >= 0.3 is 11.7 Å². The van der Waals surface area contributed by atoms with E-state index in [0.717, 1.165) is 28.5 Å². The summed E-state index contributed by atoms with van der Waals surface area (Å²) in [5.74, 6) is -0.0803. The monoisotopic (exact) mass is 561 g/mol. The summed E-state index contributed by atoms with van der Waals surface area (Å²) in [7, 11) is 1.56. The van der Waals surface area contributed by atoms with E-state index in [0.29, 0.717) is 11.4 Å². The predicted octanol–water partition coefficient (Wildman–Crippen LogP) is 5.42. The minimum atomic E-state index is -1.02. The van der Waals surface area contributed by atoms with Gasteiger partial charge in [-0.2, -0.15) is 4.98 Å². The SMILES string of the molecule is COc1c(C)cnc(CN(c2nc(Cl)ncc2[N+](=O)[O-])[C@H](Cc2ccccc2)C(=O)OCc2ccccc2)c1C. The smallest absolute Gasteiger partial charge is 0.329 e. The van der Waals surface area contributed by atoms with Gasteiger partial charge in [0.05, 0.1) is 24.3 Å². The average Bonchev–Trinajstić information content (AvgIpc) is 2.96. The van der Waals surface area contributed by atoms with Crippen LogP contribution in [0.1, 0.15) is 27.9 Å². The summed E-state index contributed by atoms with van der Waals surface area (Å²) in [5.41, 5.74) is 3.32. The number of anilines is 1. The third-order valence-corrected chi connectivity index (χ3v) is 6.59. The molecule has 1 atom stereocenters. The van der Waals surface area contributed by atoms with Crippen molar-refractivity contribution in [3.05, 3.63) is 116 Å². The van der Waals surface area contributed by atoms with E-state index in [9.17, 15) is 14.9 Å². The molecule has 206 valence electrons. The van der Waals surface area contributed by atoms with Crippen LogP contribution in [0.3, 0.4) is 0 Å². The first-order valence-electron chi connectivity index (χ1n) is 12.5. The first-order chi connectivity index (χ1) is 19.3. The van der Waals surface area contributed by atoms with Gasteiger partial charge in [-0.25, -0.2) is 9.78 Å². The summed E-state index contributed by atoms with van der Waals surface area (Å²) in [6.45, 7) is 3.72. The molecule has 0 N–H and O–H groups in total. The van der Waals surface area contributed by atoms with E-state index in [1.165, 1.54) is 4.90 Å². The van der Waals surface area contributed by atoms with Crippen LogP contribution in [0.4, 0.5) is 11.5 Å². The Balaban J connectivity index is 1.83. The number of nitrogens with zero attached hydrogens (tertiary/aromatic N) is 5. The van der Waals surface area contributed by atoms with Crippen molar-refractivity contribution in [1.82, 2.24) is 15.0 Å². The van der Waals surface area contributed by atoms with Gasteiger partial charge in [-0.05, 0) is 36.6 Å². The number of pyridine rings is 1. The molecular formula is C29H28ClN5O5. The fourth-order valence-electron chi connectivity index (χ4n) is 4.39. The highest BCUT2D eigenvalue weighted by Gasteiger charge is 2.35. The zero-order valence-corrected chi connectivity index (χ0v) is 23.0. The highest BCUT2D eigenvalue weighted by molar-refractivity contribution is 6.28. The van der Waals surface area contributed by atoms with Crippen LogP contribution in [0.2, 0.25) is 5.28 Å². The summed E-state index contributed by atoms with van der Waals surface area (Å²) in [6.07, 6.45) is 2.86. The Morgan fingerprint density at radius 2 is 1.68 bits per heavy atom. The van der Waals surface area contributed by atoms with Crippen molar-refractivity contribution in [2.24, 2.45) is 0 Å². The van der Waals surface area contributed by atoms with Crippen molar-refractivity contribution in [3.63, 3.8) is 0 Å². The topological polar surface area (TPSA) is 121 Å². The Hall–Kier alpha value is -4.57. The zero-order valence-electron chi connectivity index (χ0n) is 22.3. The molecule has 0 unspecified atom stereocenters. The van der Waals surface area contributed by atoms with Crippen molar-refractivity contribution >= 4 is 29.1 Å². The number of hydrogen-bond donors (Lipinski definition) is 0. The summed E-state index contributed by atoms with van der Waals surface area (Å²) in [4.78, 5) is 39.4. The lowest BCUT2D eigenvalue weighted by Crippen LogP contribution is -2.44. The molecule has 0 fully saturated rings. The van der Waals surface area contributed by atoms with Gasteiger partial charge in [-0.1, -0.05) is 60.7 Å². The molecule has 0 spiro atoms. The molecule has 0 saturated heterocycles. The number of rotatable bonds is 11. The van der Waals surface area contributed by atoms with Crippen LogP contribution in [-0.4, -0.2) is 39.0 Å². The van der Waals surface area contributed by atoms with Gasteiger partial charge in [0.2, 0.25) is 11.1 Å². The van der Waals surface area contributed by atoms with Gasteiger partial charge in [-0.15, -0.1) is 0 Å². The molecule has 10 nitrogen and oxygen atoms in total. The van der Waals surface area contributed by atoms with Gasteiger partial charge in [-0.3, -0.25) is 15.1 Å². The number of nitro groups is 1. The first kappa shape index (κ1) is 28.4. The van der Waals surface area contributed by atoms with Crippen molar-refractivity contribution in [2.75, 3.05) is 12.0 Å². The standard InChI is InChI=1S/C29H28ClN5O5/c1-19-15-31-23(20(2)26(19)39-3)17-34(27-25(35(37)38)16-32-29(30)33-27)24(14-21-10-6-4-7-11-21)28(36)40-18-22-12-8-5-9-13-22/h4-13,15-16,24H,14,17-18H2,1-3H3/t24-/m1/s1. The van der Waals surface area contributed by atoms with E-state index in [1.54, 1.807) is 13.3 Å². The molecule has 4 rings (SSSR count). The second-order valence-corrected chi connectivity index (χ2v) is 9.42. The number of carbonyl (C=O) groups is 1. The fraction of sp³-hybridized carbons (Fsp3) is 0.241. The minimum absolute atomic E-state index is 0.0193. The predicted molar refractivity (Wildman–Crippen MR) is 150 cm³/mol. The zero-order chi connectivity index (χ0) is 28.6. The lowest BCUT2D eigenvalue weighted by molar-refractivity contribution is -0.384. The molecule has 2 heterocycles. The fourth-order valence-corrected chi connectivity index (χ4v) is 4.52. The molecule has 11 heteroatoms. The van der Waals surface area contributed by atoms with Crippen LogP contribution in [-0.2, 0) is 29.1 Å². The number of carbonyl (C=O) groups excluding carboxylic acids is 1. The Bertz CT molecular complexity index is 1490. The average molecular weight is 562 g/mol. The summed E-state index contributed by atoms with van der Waals surface area (Å²) in [6, 6.07) is 17.6. The van der Waals surface area contributed by atoms with Crippen molar-refractivity contribution < 1.29 is 19.2 Å². The van der Waals surface area contributed by atoms with Crippen LogP contribution < -0.4 is 9.64 Å². The van der Waals surface area contributed by atoms with Gasteiger partial charge in [0, 0.05) is 23.7 Å². The van der Waals surface area contributed by atoms with Crippen molar-refractivity contribution in [3.8, 4) is 5.75 Å². The minimum Gasteiger partial charge on any atom is -0.496 e. The third kappa shape index (κ3) is 6.70. The quantitative estimate of drug-likeness (QED) is 0.102.